The van der Waals surface area contributed by atoms with Crippen LogP contribution in [-0.4, -0.2) is 33.3 Å². The number of hydrogen-bond donors (Lipinski definition) is 0. The molecule has 0 bridgehead atoms. The van der Waals surface area contributed by atoms with E-state index in [4.69, 9.17) is 14.2 Å². The molecule has 0 saturated carbocycles. The van der Waals surface area contributed by atoms with Crippen LogP contribution in [0.3, 0.4) is 0 Å². The summed E-state index contributed by atoms with van der Waals surface area (Å²) in [5.74, 6) is 0.0960. The molecule has 2 aromatic carbocycles. The van der Waals surface area contributed by atoms with Gasteiger partial charge in [-0.15, -0.1) is 0 Å². The predicted octanol–water partition coefficient (Wildman–Crippen LogP) is 2.85. The number of benzene rings is 2. The lowest BCUT2D eigenvalue weighted by atomic mass is 10.1. The van der Waals surface area contributed by atoms with Crippen molar-refractivity contribution in [3.8, 4) is 11.5 Å². The highest BCUT2D eigenvalue weighted by atomic mass is 16.5. The molecule has 0 unspecified atom stereocenters. The lowest BCUT2D eigenvalue weighted by molar-refractivity contribution is 0.0470. The van der Waals surface area contributed by atoms with Gasteiger partial charge in [0.1, 0.15) is 18.1 Å². The van der Waals surface area contributed by atoms with Crippen molar-refractivity contribution in [1.29, 1.82) is 0 Å². The average molecular weight is 330 g/mol. The summed E-state index contributed by atoms with van der Waals surface area (Å²) >= 11 is 0. The van der Waals surface area contributed by atoms with Gasteiger partial charge in [0.05, 0.1) is 32.5 Å². The minimum Gasteiger partial charge on any atom is -0.497 e. The first-order valence-corrected chi connectivity index (χ1v) is 7.15. The molecule has 0 saturated heterocycles. The third kappa shape index (κ3) is 4.25. The highest BCUT2D eigenvalue weighted by molar-refractivity contribution is 5.90. The van der Waals surface area contributed by atoms with Crippen molar-refractivity contribution in [3.05, 3.63) is 59.2 Å². The van der Waals surface area contributed by atoms with E-state index in [1.165, 1.54) is 21.3 Å². The third-order valence-corrected chi connectivity index (χ3v) is 3.33. The maximum absolute atomic E-state index is 12.2. The minimum absolute atomic E-state index is 0.0831. The molecule has 6 nitrogen and oxygen atoms in total. The van der Waals surface area contributed by atoms with Crippen LogP contribution in [-0.2, 0) is 16.1 Å². The number of hydrogen-bond acceptors (Lipinski definition) is 6. The average Bonchev–Trinajstić information content (AvgIpc) is 2.65. The number of carbonyl (C=O) groups excluding carboxylic acids is 2. The first-order valence-electron chi connectivity index (χ1n) is 7.15. The first-order chi connectivity index (χ1) is 11.6. The molecular formula is C18H18O6. The summed E-state index contributed by atoms with van der Waals surface area (Å²) < 4.78 is 20.2. The molecule has 0 aliphatic rings. The number of methoxy groups -OCH3 is 3. The van der Waals surface area contributed by atoms with Crippen molar-refractivity contribution in [2.75, 3.05) is 21.3 Å². The molecule has 0 fully saturated rings. The van der Waals surface area contributed by atoms with Crippen LogP contribution in [0.4, 0.5) is 0 Å². The molecule has 0 atom stereocenters. The van der Waals surface area contributed by atoms with Gasteiger partial charge in [0.25, 0.3) is 0 Å². The molecule has 2 rings (SSSR count). The summed E-state index contributed by atoms with van der Waals surface area (Å²) in [7, 11) is 4.33. The third-order valence-electron chi connectivity index (χ3n) is 3.33. The predicted molar refractivity (Wildman–Crippen MR) is 86.4 cm³/mol. The first kappa shape index (κ1) is 17.3. The van der Waals surface area contributed by atoms with Crippen molar-refractivity contribution in [1.82, 2.24) is 0 Å². The number of ether oxygens (including phenoxy) is 4. The Morgan fingerprint density at radius 2 is 1.38 bits per heavy atom. The Balaban J connectivity index is 2.04. The molecule has 2 aromatic rings. The van der Waals surface area contributed by atoms with Gasteiger partial charge in [-0.3, -0.25) is 0 Å². The zero-order valence-corrected chi connectivity index (χ0v) is 13.7. The standard InChI is InChI=1S/C18H18O6/c1-21-15-8-14(9-16(10-15)22-2)18(20)24-11-12-4-6-13(7-5-12)17(19)23-3/h4-10H,11H2,1-3H3. The van der Waals surface area contributed by atoms with Gasteiger partial charge >= 0.3 is 11.9 Å². The van der Waals surface area contributed by atoms with E-state index >= 15 is 0 Å². The van der Waals surface area contributed by atoms with Crippen LogP contribution in [0, 0.1) is 0 Å². The summed E-state index contributed by atoms with van der Waals surface area (Å²) in [6.07, 6.45) is 0. The quantitative estimate of drug-likeness (QED) is 0.759. The van der Waals surface area contributed by atoms with Crippen LogP contribution in [0.15, 0.2) is 42.5 Å². The van der Waals surface area contributed by atoms with Gasteiger partial charge in [-0.2, -0.15) is 0 Å². The highest BCUT2D eigenvalue weighted by Gasteiger charge is 2.12. The fourth-order valence-electron chi connectivity index (χ4n) is 2.01. The van der Waals surface area contributed by atoms with Crippen LogP contribution >= 0.6 is 0 Å². The molecule has 126 valence electrons. The van der Waals surface area contributed by atoms with Crippen LogP contribution in [0.25, 0.3) is 0 Å². The Hall–Kier alpha value is -3.02. The minimum atomic E-state index is -0.496. The largest absolute Gasteiger partial charge is 0.497 e. The lowest BCUT2D eigenvalue weighted by Crippen LogP contribution is -2.06. The van der Waals surface area contributed by atoms with Crippen molar-refractivity contribution in [2.24, 2.45) is 0 Å². The van der Waals surface area contributed by atoms with E-state index < -0.39 is 11.9 Å². The summed E-state index contributed by atoms with van der Waals surface area (Å²) in [6, 6.07) is 11.4. The second-order valence-electron chi connectivity index (χ2n) is 4.87. The molecule has 0 N–H and O–H groups in total. The van der Waals surface area contributed by atoms with E-state index in [0.717, 1.165) is 5.56 Å². The van der Waals surface area contributed by atoms with Crippen LogP contribution in [0.1, 0.15) is 26.3 Å². The van der Waals surface area contributed by atoms with Crippen LogP contribution < -0.4 is 9.47 Å². The van der Waals surface area contributed by atoms with E-state index in [1.807, 2.05) is 0 Å². The maximum Gasteiger partial charge on any atom is 0.338 e. The lowest BCUT2D eigenvalue weighted by Gasteiger charge is -2.09. The van der Waals surface area contributed by atoms with Gasteiger partial charge in [0, 0.05) is 6.07 Å². The monoisotopic (exact) mass is 330 g/mol. The molecule has 24 heavy (non-hydrogen) atoms. The molecule has 0 amide bonds. The molecule has 0 aliphatic heterocycles. The van der Waals surface area contributed by atoms with E-state index in [0.29, 0.717) is 22.6 Å². The summed E-state index contributed by atoms with van der Waals surface area (Å²) in [5, 5.41) is 0. The maximum atomic E-state index is 12.2. The second kappa shape index (κ2) is 8.01. The zero-order valence-electron chi connectivity index (χ0n) is 13.7. The van der Waals surface area contributed by atoms with Crippen LogP contribution in [0.2, 0.25) is 0 Å². The second-order valence-corrected chi connectivity index (χ2v) is 4.87. The Morgan fingerprint density at radius 3 is 1.88 bits per heavy atom. The van der Waals surface area contributed by atoms with Crippen molar-refractivity contribution in [3.63, 3.8) is 0 Å². The number of esters is 2. The van der Waals surface area contributed by atoms with Crippen molar-refractivity contribution in [2.45, 2.75) is 6.61 Å². The number of rotatable bonds is 6. The fourth-order valence-corrected chi connectivity index (χ4v) is 2.01. The molecule has 0 radical (unpaired) electrons. The summed E-state index contributed by atoms with van der Waals surface area (Å²) in [4.78, 5) is 23.5. The molecule has 6 heteroatoms. The van der Waals surface area contributed by atoms with Crippen LogP contribution in [0.5, 0.6) is 11.5 Å². The van der Waals surface area contributed by atoms with Crippen molar-refractivity contribution < 1.29 is 28.5 Å². The summed E-state index contributed by atoms with van der Waals surface area (Å²) in [6.45, 7) is 0.0831. The van der Waals surface area contributed by atoms with Gasteiger partial charge in [-0.05, 0) is 29.8 Å². The van der Waals surface area contributed by atoms with Crippen molar-refractivity contribution >= 4 is 11.9 Å². The molecule has 0 aliphatic carbocycles. The van der Waals surface area contributed by atoms with Gasteiger partial charge in [0.15, 0.2) is 0 Å². The van der Waals surface area contributed by atoms with Gasteiger partial charge in [-0.1, -0.05) is 12.1 Å². The Morgan fingerprint density at radius 1 is 0.792 bits per heavy atom. The Bertz CT molecular complexity index is 699. The SMILES string of the molecule is COC(=O)c1ccc(COC(=O)c2cc(OC)cc(OC)c2)cc1. The molecule has 0 spiro atoms. The normalized spacial score (nSPS) is 9.96. The summed E-state index contributed by atoms with van der Waals surface area (Å²) in [5.41, 5.74) is 1.52. The highest BCUT2D eigenvalue weighted by Crippen LogP contribution is 2.23. The molecule has 0 heterocycles. The van der Waals surface area contributed by atoms with Gasteiger partial charge in [0.2, 0.25) is 0 Å². The number of carbonyl (C=O) groups is 2. The van der Waals surface area contributed by atoms with Gasteiger partial charge in [-0.25, -0.2) is 9.59 Å². The fraction of sp³-hybridized carbons (Fsp3) is 0.222. The van der Waals surface area contributed by atoms with E-state index in [9.17, 15) is 9.59 Å². The van der Waals surface area contributed by atoms with E-state index in [-0.39, 0.29) is 6.61 Å². The molecular weight excluding hydrogens is 312 g/mol. The smallest absolute Gasteiger partial charge is 0.338 e. The van der Waals surface area contributed by atoms with E-state index in [2.05, 4.69) is 4.74 Å². The Labute approximate surface area is 139 Å². The Kier molecular flexibility index (Phi) is 5.78. The zero-order chi connectivity index (χ0) is 17.5. The topological polar surface area (TPSA) is 71.1 Å². The van der Waals surface area contributed by atoms with E-state index in [1.54, 1.807) is 42.5 Å². The molecule has 0 aromatic heterocycles. The van der Waals surface area contributed by atoms with Gasteiger partial charge < -0.3 is 18.9 Å².